The van der Waals surface area contributed by atoms with Crippen LogP contribution >= 0.6 is 27.7 Å². The van der Waals surface area contributed by atoms with E-state index in [2.05, 4.69) is 15.9 Å². The zero-order chi connectivity index (χ0) is 12.1. The lowest BCUT2D eigenvalue weighted by atomic mass is 10.2. The predicted molar refractivity (Wildman–Crippen MR) is 68.1 cm³/mol. The van der Waals surface area contributed by atoms with E-state index in [4.69, 9.17) is 10.2 Å². The van der Waals surface area contributed by atoms with Gasteiger partial charge in [0.2, 0.25) is 0 Å². The molecular weight excluding hydrogens is 292 g/mol. The molecule has 3 nitrogen and oxygen atoms in total. The van der Waals surface area contributed by atoms with E-state index in [0.717, 1.165) is 9.37 Å². The minimum Gasteiger partial charge on any atom is -0.478 e. The minimum absolute atomic E-state index is 0.116. The Bertz CT molecular complexity index is 381. The molecule has 0 fully saturated rings. The summed E-state index contributed by atoms with van der Waals surface area (Å²) in [6.07, 6.45) is 0.649. The fourth-order valence-corrected chi connectivity index (χ4v) is 2.87. The Hall–Kier alpha value is -0.520. The second kappa shape index (κ2) is 6.27. The summed E-state index contributed by atoms with van der Waals surface area (Å²) in [5.74, 6) is -0.925. The van der Waals surface area contributed by atoms with Crippen molar-refractivity contribution >= 4 is 33.7 Å². The topological polar surface area (TPSA) is 57.5 Å². The highest BCUT2D eigenvalue weighted by atomic mass is 79.9. The van der Waals surface area contributed by atoms with Gasteiger partial charge in [0.05, 0.1) is 5.56 Å². The molecule has 0 radical (unpaired) electrons. The summed E-state index contributed by atoms with van der Waals surface area (Å²) in [4.78, 5) is 11.7. The van der Waals surface area contributed by atoms with Crippen LogP contribution in [0.4, 0.5) is 0 Å². The van der Waals surface area contributed by atoms with E-state index in [9.17, 15) is 4.79 Å². The first kappa shape index (κ1) is 13.5. The monoisotopic (exact) mass is 304 g/mol. The second-order valence-corrected chi connectivity index (χ2v) is 5.78. The molecule has 1 aromatic rings. The van der Waals surface area contributed by atoms with Crippen LogP contribution in [0.2, 0.25) is 0 Å². The average molecular weight is 305 g/mol. The molecule has 16 heavy (non-hydrogen) atoms. The predicted octanol–water partition coefficient (Wildman–Crippen LogP) is 3.01. The molecule has 0 aliphatic heterocycles. The van der Waals surface area contributed by atoms with Crippen LogP contribution in [0.5, 0.6) is 0 Å². The molecular formula is C11H13BrO3S. The van der Waals surface area contributed by atoms with Gasteiger partial charge in [0.1, 0.15) is 0 Å². The van der Waals surface area contributed by atoms with E-state index in [1.807, 2.05) is 6.92 Å². The summed E-state index contributed by atoms with van der Waals surface area (Å²) >= 11 is 4.79. The van der Waals surface area contributed by atoms with Crippen molar-refractivity contribution in [1.29, 1.82) is 0 Å². The van der Waals surface area contributed by atoms with Gasteiger partial charge in [-0.3, -0.25) is 0 Å². The maximum Gasteiger partial charge on any atom is 0.336 e. The molecule has 1 rings (SSSR count). The number of hydrogen-bond donors (Lipinski definition) is 2. The first-order chi connectivity index (χ1) is 7.54. The number of carboxylic acids is 1. The van der Waals surface area contributed by atoms with E-state index in [1.165, 1.54) is 11.8 Å². The van der Waals surface area contributed by atoms with Gasteiger partial charge in [0.15, 0.2) is 0 Å². The quantitative estimate of drug-likeness (QED) is 0.821. The summed E-state index contributed by atoms with van der Waals surface area (Å²) in [7, 11) is 0. The zero-order valence-electron chi connectivity index (χ0n) is 8.81. The normalized spacial score (nSPS) is 12.4. The molecule has 0 aliphatic rings. The third-order valence-corrected chi connectivity index (χ3v) is 3.76. The largest absolute Gasteiger partial charge is 0.478 e. The lowest BCUT2D eigenvalue weighted by Crippen LogP contribution is -2.03. The van der Waals surface area contributed by atoms with E-state index in [-0.39, 0.29) is 11.9 Å². The molecule has 0 bridgehead atoms. The summed E-state index contributed by atoms with van der Waals surface area (Å²) < 4.78 is 0.858. The highest BCUT2D eigenvalue weighted by Crippen LogP contribution is 2.30. The average Bonchev–Trinajstić information content (AvgIpc) is 2.17. The van der Waals surface area contributed by atoms with Crippen LogP contribution in [0.1, 0.15) is 23.7 Å². The molecule has 5 heteroatoms. The van der Waals surface area contributed by atoms with Crippen molar-refractivity contribution in [2.24, 2.45) is 0 Å². The number of hydrogen-bond acceptors (Lipinski definition) is 3. The van der Waals surface area contributed by atoms with Gasteiger partial charge in [-0.25, -0.2) is 4.79 Å². The summed E-state index contributed by atoms with van der Waals surface area (Å²) in [6, 6.07) is 5.09. The Morgan fingerprint density at radius 3 is 2.81 bits per heavy atom. The molecule has 2 N–H and O–H groups in total. The smallest absolute Gasteiger partial charge is 0.336 e. The lowest BCUT2D eigenvalue weighted by Gasteiger charge is -2.11. The van der Waals surface area contributed by atoms with Gasteiger partial charge in [0.25, 0.3) is 0 Å². The van der Waals surface area contributed by atoms with Gasteiger partial charge >= 0.3 is 5.97 Å². The Balaban J connectivity index is 2.92. The highest BCUT2D eigenvalue weighted by molar-refractivity contribution is 9.10. The van der Waals surface area contributed by atoms with Gasteiger partial charge in [-0.15, -0.1) is 11.8 Å². The van der Waals surface area contributed by atoms with Crippen molar-refractivity contribution in [2.45, 2.75) is 23.5 Å². The Labute approximate surface area is 107 Å². The van der Waals surface area contributed by atoms with Crippen LogP contribution < -0.4 is 0 Å². The number of aliphatic hydroxyl groups excluding tert-OH is 1. The number of aromatic carboxylic acids is 1. The first-order valence-electron chi connectivity index (χ1n) is 4.85. The molecule has 0 aromatic heterocycles. The lowest BCUT2D eigenvalue weighted by molar-refractivity contribution is 0.0693. The van der Waals surface area contributed by atoms with Crippen LogP contribution in [-0.4, -0.2) is 28.0 Å². The number of carbonyl (C=O) groups is 1. The van der Waals surface area contributed by atoms with Crippen molar-refractivity contribution in [3.05, 3.63) is 28.2 Å². The molecule has 1 unspecified atom stereocenters. The number of rotatable bonds is 5. The number of benzene rings is 1. The van der Waals surface area contributed by atoms with E-state index >= 15 is 0 Å². The van der Waals surface area contributed by atoms with Crippen LogP contribution in [0.15, 0.2) is 27.6 Å². The summed E-state index contributed by atoms with van der Waals surface area (Å²) in [5, 5.41) is 18.0. The van der Waals surface area contributed by atoms with E-state index < -0.39 is 5.97 Å². The third kappa shape index (κ3) is 3.81. The van der Waals surface area contributed by atoms with Crippen molar-refractivity contribution < 1.29 is 15.0 Å². The molecule has 0 saturated heterocycles. The zero-order valence-corrected chi connectivity index (χ0v) is 11.2. The van der Waals surface area contributed by atoms with Crippen LogP contribution in [0.25, 0.3) is 0 Å². The standard InChI is InChI=1S/C11H13BrO3S/c1-7(4-5-13)16-10-6-8(12)2-3-9(10)11(14)15/h2-3,6-7,13H,4-5H2,1H3,(H,14,15). The fourth-order valence-electron chi connectivity index (χ4n) is 1.23. The maximum absolute atomic E-state index is 11.0. The van der Waals surface area contributed by atoms with Gasteiger partial charge in [-0.05, 0) is 24.6 Å². The van der Waals surface area contributed by atoms with Gasteiger partial charge < -0.3 is 10.2 Å². The van der Waals surface area contributed by atoms with Crippen molar-refractivity contribution in [2.75, 3.05) is 6.61 Å². The molecule has 0 spiro atoms. The fraction of sp³-hybridized carbons (Fsp3) is 0.364. The Kier molecular flexibility index (Phi) is 5.31. The maximum atomic E-state index is 11.0. The van der Waals surface area contributed by atoms with Crippen LogP contribution in [0, 0.1) is 0 Å². The van der Waals surface area contributed by atoms with Crippen molar-refractivity contribution in [3.8, 4) is 0 Å². The molecule has 0 aliphatic carbocycles. The van der Waals surface area contributed by atoms with E-state index in [0.29, 0.717) is 12.0 Å². The van der Waals surface area contributed by atoms with Crippen LogP contribution in [0.3, 0.4) is 0 Å². The Morgan fingerprint density at radius 1 is 1.56 bits per heavy atom. The molecule has 88 valence electrons. The number of thioether (sulfide) groups is 1. The molecule has 0 heterocycles. The number of carboxylic acid groups (broad SMARTS) is 1. The van der Waals surface area contributed by atoms with Crippen molar-refractivity contribution in [3.63, 3.8) is 0 Å². The highest BCUT2D eigenvalue weighted by Gasteiger charge is 2.13. The van der Waals surface area contributed by atoms with Gasteiger partial charge in [0, 0.05) is 21.2 Å². The Morgan fingerprint density at radius 2 is 2.25 bits per heavy atom. The molecule has 0 saturated carbocycles. The molecule has 1 atom stereocenters. The SMILES string of the molecule is CC(CCO)Sc1cc(Br)ccc1C(=O)O. The number of halogens is 1. The van der Waals surface area contributed by atoms with Gasteiger partial charge in [-0.1, -0.05) is 22.9 Å². The van der Waals surface area contributed by atoms with Gasteiger partial charge in [-0.2, -0.15) is 0 Å². The van der Waals surface area contributed by atoms with Crippen molar-refractivity contribution in [1.82, 2.24) is 0 Å². The number of aliphatic hydroxyl groups is 1. The second-order valence-electron chi connectivity index (χ2n) is 3.39. The summed E-state index contributed by atoms with van der Waals surface area (Å²) in [5.41, 5.74) is 0.304. The summed E-state index contributed by atoms with van der Waals surface area (Å²) in [6.45, 7) is 2.08. The minimum atomic E-state index is -0.925. The molecule has 0 amide bonds. The molecule has 1 aromatic carbocycles. The first-order valence-corrected chi connectivity index (χ1v) is 6.52. The van der Waals surface area contributed by atoms with E-state index in [1.54, 1.807) is 18.2 Å². The van der Waals surface area contributed by atoms with Crippen LogP contribution in [-0.2, 0) is 0 Å². The third-order valence-electron chi connectivity index (χ3n) is 2.04.